The van der Waals surface area contributed by atoms with Crippen molar-refractivity contribution >= 4 is 17.7 Å². The van der Waals surface area contributed by atoms with Crippen LogP contribution < -0.4 is 0 Å². The van der Waals surface area contributed by atoms with E-state index in [9.17, 15) is 9.90 Å². The number of amides is 1. The highest BCUT2D eigenvalue weighted by Crippen LogP contribution is 2.18. The number of hydrogen-bond donors (Lipinski definition) is 1. The standard InChI is InChI=1S/C12H15NO2S/c14-10-6-7-13(8-10)12(15)9-16-11-4-2-1-3-5-11/h1-5,10,14H,6-9H2/t10-/m0/s1. The lowest BCUT2D eigenvalue weighted by atomic mass is 10.3. The second-order valence-corrected chi connectivity index (χ2v) is 4.93. The Morgan fingerprint density at radius 3 is 2.81 bits per heavy atom. The van der Waals surface area contributed by atoms with Gasteiger partial charge in [-0.15, -0.1) is 11.8 Å². The Kier molecular flexibility index (Phi) is 3.85. The number of thioether (sulfide) groups is 1. The van der Waals surface area contributed by atoms with Crippen LogP contribution in [0.15, 0.2) is 35.2 Å². The Bertz CT molecular complexity index is 355. The molecule has 1 heterocycles. The molecule has 0 saturated carbocycles. The van der Waals surface area contributed by atoms with Crippen LogP contribution in [0.2, 0.25) is 0 Å². The van der Waals surface area contributed by atoms with Crippen molar-refractivity contribution in [2.24, 2.45) is 0 Å². The van der Waals surface area contributed by atoms with E-state index in [1.807, 2.05) is 30.3 Å². The summed E-state index contributed by atoms with van der Waals surface area (Å²) in [5.74, 6) is 0.571. The number of nitrogens with zero attached hydrogens (tertiary/aromatic N) is 1. The zero-order valence-electron chi connectivity index (χ0n) is 9.00. The molecule has 2 rings (SSSR count). The van der Waals surface area contributed by atoms with Crippen LogP contribution >= 0.6 is 11.8 Å². The molecular formula is C12H15NO2S. The first kappa shape index (κ1) is 11.5. The first-order valence-electron chi connectivity index (χ1n) is 5.39. The van der Waals surface area contributed by atoms with Gasteiger partial charge in [-0.3, -0.25) is 4.79 Å². The smallest absolute Gasteiger partial charge is 0.233 e. The number of aliphatic hydroxyl groups is 1. The number of carbonyl (C=O) groups is 1. The van der Waals surface area contributed by atoms with Crippen molar-refractivity contribution in [1.29, 1.82) is 0 Å². The number of benzene rings is 1. The van der Waals surface area contributed by atoms with Crippen LogP contribution in [0.4, 0.5) is 0 Å². The minimum absolute atomic E-state index is 0.116. The molecule has 1 aliphatic heterocycles. The van der Waals surface area contributed by atoms with E-state index in [0.717, 1.165) is 4.90 Å². The molecule has 0 unspecified atom stereocenters. The third-order valence-electron chi connectivity index (χ3n) is 2.62. The summed E-state index contributed by atoms with van der Waals surface area (Å²) in [6, 6.07) is 9.88. The molecule has 1 amide bonds. The van der Waals surface area contributed by atoms with E-state index in [-0.39, 0.29) is 12.0 Å². The van der Waals surface area contributed by atoms with E-state index < -0.39 is 0 Å². The van der Waals surface area contributed by atoms with Crippen molar-refractivity contribution in [2.75, 3.05) is 18.8 Å². The first-order valence-corrected chi connectivity index (χ1v) is 6.38. The topological polar surface area (TPSA) is 40.5 Å². The van der Waals surface area contributed by atoms with Gasteiger partial charge in [0, 0.05) is 18.0 Å². The highest BCUT2D eigenvalue weighted by atomic mass is 32.2. The average molecular weight is 237 g/mol. The predicted molar refractivity (Wildman–Crippen MR) is 64.4 cm³/mol. The van der Waals surface area contributed by atoms with Crippen molar-refractivity contribution in [1.82, 2.24) is 4.90 Å². The lowest BCUT2D eigenvalue weighted by Crippen LogP contribution is -2.30. The summed E-state index contributed by atoms with van der Waals surface area (Å²) in [5.41, 5.74) is 0. The molecule has 1 aromatic carbocycles. The van der Waals surface area contributed by atoms with Gasteiger partial charge in [0.25, 0.3) is 0 Å². The SMILES string of the molecule is O=C(CSc1ccccc1)N1CC[C@H](O)C1. The van der Waals surface area contributed by atoms with Crippen molar-refractivity contribution in [3.05, 3.63) is 30.3 Å². The van der Waals surface area contributed by atoms with Crippen LogP contribution in [0, 0.1) is 0 Å². The van der Waals surface area contributed by atoms with E-state index in [2.05, 4.69) is 0 Å². The van der Waals surface area contributed by atoms with Gasteiger partial charge < -0.3 is 10.0 Å². The fraction of sp³-hybridized carbons (Fsp3) is 0.417. The molecule has 0 spiro atoms. The van der Waals surface area contributed by atoms with Crippen molar-refractivity contribution in [3.63, 3.8) is 0 Å². The molecule has 1 saturated heterocycles. The maximum atomic E-state index is 11.8. The molecule has 86 valence electrons. The molecule has 16 heavy (non-hydrogen) atoms. The summed E-state index contributed by atoms with van der Waals surface area (Å²) in [5, 5.41) is 9.33. The summed E-state index contributed by atoms with van der Waals surface area (Å²) < 4.78 is 0. The molecule has 4 heteroatoms. The summed E-state index contributed by atoms with van der Waals surface area (Å²) in [6.07, 6.45) is 0.382. The Morgan fingerprint density at radius 2 is 2.19 bits per heavy atom. The first-order chi connectivity index (χ1) is 7.75. The number of β-amino-alcohol motifs (C(OH)–C–C–N with tert-alkyl or cyclic N) is 1. The Labute approximate surface area is 99.5 Å². The van der Waals surface area contributed by atoms with Gasteiger partial charge in [0.05, 0.1) is 11.9 Å². The average Bonchev–Trinajstić information content (AvgIpc) is 2.74. The fourth-order valence-electron chi connectivity index (χ4n) is 1.72. The quantitative estimate of drug-likeness (QED) is 0.807. The maximum absolute atomic E-state index is 11.8. The van der Waals surface area contributed by atoms with Crippen molar-refractivity contribution < 1.29 is 9.90 Å². The second kappa shape index (κ2) is 5.37. The molecule has 3 nitrogen and oxygen atoms in total. The number of aliphatic hydroxyl groups excluding tert-OH is 1. The van der Waals surface area contributed by atoms with Crippen molar-refractivity contribution in [2.45, 2.75) is 17.4 Å². The van der Waals surface area contributed by atoms with Gasteiger partial charge in [-0.05, 0) is 18.6 Å². The molecule has 1 aliphatic rings. The van der Waals surface area contributed by atoms with E-state index in [1.165, 1.54) is 0 Å². The third-order valence-corrected chi connectivity index (χ3v) is 3.62. The highest BCUT2D eigenvalue weighted by molar-refractivity contribution is 8.00. The van der Waals surface area contributed by atoms with Gasteiger partial charge in [-0.1, -0.05) is 18.2 Å². The largest absolute Gasteiger partial charge is 0.391 e. The molecule has 1 atom stereocenters. The van der Waals surface area contributed by atoms with Crippen LogP contribution in [-0.2, 0) is 4.79 Å². The molecule has 0 radical (unpaired) electrons. The number of hydrogen-bond acceptors (Lipinski definition) is 3. The van der Waals surface area contributed by atoms with Crippen LogP contribution in [0.25, 0.3) is 0 Å². The number of carbonyl (C=O) groups excluding carboxylic acids is 1. The van der Waals surface area contributed by atoms with Gasteiger partial charge in [-0.2, -0.15) is 0 Å². The van der Waals surface area contributed by atoms with Gasteiger partial charge in [-0.25, -0.2) is 0 Å². The zero-order chi connectivity index (χ0) is 11.4. The number of rotatable bonds is 3. The lowest BCUT2D eigenvalue weighted by molar-refractivity contribution is -0.127. The zero-order valence-corrected chi connectivity index (χ0v) is 9.82. The Balaban J connectivity index is 1.80. The molecular weight excluding hydrogens is 222 g/mol. The summed E-state index contributed by atoms with van der Waals surface area (Å²) in [6.45, 7) is 1.18. The monoisotopic (exact) mass is 237 g/mol. The van der Waals surface area contributed by atoms with Crippen LogP contribution in [0.3, 0.4) is 0 Å². The minimum atomic E-state index is -0.328. The van der Waals surface area contributed by atoms with E-state index in [1.54, 1.807) is 16.7 Å². The fourth-order valence-corrected chi connectivity index (χ4v) is 2.54. The molecule has 0 aliphatic carbocycles. The molecule has 1 aromatic rings. The molecule has 0 bridgehead atoms. The van der Waals surface area contributed by atoms with Crippen LogP contribution in [0.1, 0.15) is 6.42 Å². The van der Waals surface area contributed by atoms with E-state index in [0.29, 0.717) is 25.3 Å². The number of likely N-dealkylation sites (tertiary alicyclic amines) is 1. The lowest BCUT2D eigenvalue weighted by Gasteiger charge is -2.14. The van der Waals surface area contributed by atoms with Crippen LogP contribution in [0.5, 0.6) is 0 Å². The van der Waals surface area contributed by atoms with Crippen molar-refractivity contribution in [3.8, 4) is 0 Å². The van der Waals surface area contributed by atoms with Gasteiger partial charge in [0.1, 0.15) is 0 Å². The Morgan fingerprint density at radius 1 is 1.44 bits per heavy atom. The highest BCUT2D eigenvalue weighted by Gasteiger charge is 2.24. The van der Waals surface area contributed by atoms with E-state index >= 15 is 0 Å². The predicted octanol–water partition coefficient (Wildman–Crippen LogP) is 1.37. The summed E-state index contributed by atoms with van der Waals surface area (Å²) in [4.78, 5) is 14.6. The molecule has 1 N–H and O–H groups in total. The normalized spacial score (nSPS) is 20.1. The Hall–Kier alpha value is -1.00. The summed E-state index contributed by atoms with van der Waals surface area (Å²) in [7, 11) is 0. The minimum Gasteiger partial charge on any atom is -0.391 e. The molecule has 0 aromatic heterocycles. The van der Waals surface area contributed by atoms with Gasteiger partial charge >= 0.3 is 0 Å². The summed E-state index contributed by atoms with van der Waals surface area (Å²) >= 11 is 1.54. The van der Waals surface area contributed by atoms with Gasteiger partial charge in [0.15, 0.2) is 0 Å². The van der Waals surface area contributed by atoms with E-state index in [4.69, 9.17) is 0 Å². The third kappa shape index (κ3) is 3.00. The molecule has 1 fully saturated rings. The maximum Gasteiger partial charge on any atom is 0.233 e. The van der Waals surface area contributed by atoms with Crippen LogP contribution in [-0.4, -0.2) is 40.9 Å². The second-order valence-electron chi connectivity index (χ2n) is 3.88. The van der Waals surface area contributed by atoms with Gasteiger partial charge in [0.2, 0.25) is 5.91 Å².